The number of carbonyl (C=O) groups excluding carboxylic acids is 1. The molecule has 1 saturated heterocycles. The van der Waals surface area contributed by atoms with Gasteiger partial charge in [0.15, 0.2) is 0 Å². The van der Waals surface area contributed by atoms with E-state index >= 15 is 0 Å². The Morgan fingerprint density at radius 2 is 2.05 bits per heavy atom. The number of carboxylic acids is 1. The van der Waals surface area contributed by atoms with Crippen LogP contribution in [0.1, 0.15) is 19.8 Å². The molecule has 0 saturated carbocycles. The Hall–Kier alpha value is -1.01. The lowest BCUT2D eigenvalue weighted by Gasteiger charge is -2.37. The second-order valence-corrected chi connectivity index (χ2v) is 7.49. The first-order valence-corrected chi connectivity index (χ1v) is 8.58. The van der Waals surface area contributed by atoms with Crippen molar-refractivity contribution in [2.75, 3.05) is 18.8 Å². The highest BCUT2D eigenvalue weighted by Gasteiger charge is 2.39. The fourth-order valence-electron chi connectivity index (χ4n) is 2.39. The van der Waals surface area contributed by atoms with Crippen LogP contribution in [0.25, 0.3) is 0 Å². The quantitative estimate of drug-likeness (QED) is 0.825. The molecule has 1 amide bonds. The second kappa shape index (κ2) is 6.83. The number of piperidine rings is 1. The molecule has 1 atom stereocenters. The summed E-state index contributed by atoms with van der Waals surface area (Å²) >= 11 is 4.85. The van der Waals surface area contributed by atoms with E-state index in [9.17, 15) is 14.7 Å². The number of carboxylic acid groups (broad SMARTS) is 1. The molecule has 114 valence electrons. The summed E-state index contributed by atoms with van der Waals surface area (Å²) in [5.74, 6) is -0.465. The number of nitrogens with zero attached hydrogens (tertiary/aromatic N) is 1. The Labute approximate surface area is 137 Å². The van der Waals surface area contributed by atoms with E-state index in [1.54, 1.807) is 11.8 Å². The smallest absolute Gasteiger partial charge is 0.311 e. The van der Waals surface area contributed by atoms with Crippen molar-refractivity contribution >= 4 is 39.6 Å². The summed E-state index contributed by atoms with van der Waals surface area (Å²) in [7, 11) is 0. The van der Waals surface area contributed by atoms with Crippen LogP contribution in [0.4, 0.5) is 0 Å². The number of likely N-dealkylation sites (tertiary alicyclic amines) is 1. The highest BCUT2D eigenvalue weighted by molar-refractivity contribution is 9.10. The van der Waals surface area contributed by atoms with Crippen LogP contribution in [0.15, 0.2) is 33.6 Å². The van der Waals surface area contributed by atoms with Gasteiger partial charge in [0, 0.05) is 22.5 Å². The van der Waals surface area contributed by atoms with Gasteiger partial charge in [-0.3, -0.25) is 9.59 Å². The molecule has 0 radical (unpaired) electrons. The zero-order valence-electron chi connectivity index (χ0n) is 11.8. The Kier molecular flexibility index (Phi) is 5.32. The third-order valence-electron chi connectivity index (χ3n) is 3.74. The van der Waals surface area contributed by atoms with Gasteiger partial charge in [-0.1, -0.05) is 15.9 Å². The van der Waals surface area contributed by atoms with Crippen LogP contribution in [-0.4, -0.2) is 40.7 Å². The van der Waals surface area contributed by atoms with Crippen molar-refractivity contribution in [3.63, 3.8) is 0 Å². The molecule has 1 fully saturated rings. The molecule has 1 N–H and O–H groups in total. The molecular formula is C15H18BrNO3S. The van der Waals surface area contributed by atoms with Crippen LogP contribution >= 0.6 is 27.7 Å². The number of hydrogen-bond donors (Lipinski definition) is 1. The van der Waals surface area contributed by atoms with E-state index in [1.165, 1.54) is 11.8 Å². The maximum Gasteiger partial charge on any atom is 0.311 e. The van der Waals surface area contributed by atoms with Crippen LogP contribution in [0, 0.1) is 5.41 Å². The van der Waals surface area contributed by atoms with Gasteiger partial charge in [0.1, 0.15) is 0 Å². The molecule has 0 aliphatic carbocycles. The summed E-state index contributed by atoms with van der Waals surface area (Å²) in [6.07, 6.45) is 1.38. The third kappa shape index (κ3) is 4.23. The van der Waals surface area contributed by atoms with Crippen LogP contribution in [0.3, 0.4) is 0 Å². The van der Waals surface area contributed by atoms with Crippen molar-refractivity contribution in [1.82, 2.24) is 4.90 Å². The van der Waals surface area contributed by atoms with Crippen molar-refractivity contribution < 1.29 is 14.7 Å². The normalized spacial score (nSPS) is 22.1. The number of amides is 1. The van der Waals surface area contributed by atoms with Gasteiger partial charge in [-0.2, -0.15) is 0 Å². The number of carbonyl (C=O) groups is 2. The van der Waals surface area contributed by atoms with Crippen LogP contribution in [0.5, 0.6) is 0 Å². The molecule has 1 unspecified atom stereocenters. The van der Waals surface area contributed by atoms with Crippen molar-refractivity contribution in [2.45, 2.75) is 24.7 Å². The van der Waals surface area contributed by atoms with Crippen molar-refractivity contribution in [3.8, 4) is 0 Å². The highest BCUT2D eigenvalue weighted by Crippen LogP contribution is 2.30. The first-order valence-electron chi connectivity index (χ1n) is 6.80. The molecule has 1 aliphatic rings. The topological polar surface area (TPSA) is 57.6 Å². The zero-order chi connectivity index (χ0) is 15.5. The Bertz CT molecular complexity index is 534. The van der Waals surface area contributed by atoms with E-state index in [1.807, 2.05) is 24.3 Å². The van der Waals surface area contributed by atoms with Gasteiger partial charge in [0.2, 0.25) is 5.91 Å². The first kappa shape index (κ1) is 16.4. The second-order valence-electron chi connectivity index (χ2n) is 5.53. The molecule has 4 nitrogen and oxygen atoms in total. The maximum atomic E-state index is 12.3. The van der Waals surface area contributed by atoms with E-state index in [-0.39, 0.29) is 5.91 Å². The Balaban J connectivity index is 1.91. The minimum Gasteiger partial charge on any atom is -0.481 e. The highest BCUT2D eigenvalue weighted by atomic mass is 79.9. The van der Waals surface area contributed by atoms with E-state index in [2.05, 4.69) is 15.9 Å². The minimum atomic E-state index is -0.819. The molecule has 0 aromatic heterocycles. The first-order chi connectivity index (χ1) is 9.90. The van der Waals surface area contributed by atoms with Gasteiger partial charge >= 0.3 is 5.97 Å². The number of thioether (sulfide) groups is 1. The van der Waals surface area contributed by atoms with Crippen LogP contribution < -0.4 is 0 Å². The maximum absolute atomic E-state index is 12.3. The van der Waals surface area contributed by atoms with E-state index in [0.717, 1.165) is 15.8 Å². The SMILES string of the molecule is CC1(C(=O)O)CCCN(C(=O)CSc2ccc(Br)cc2)C1. The van der Waals surface area contributed by atoms with Crippen molar-refractivity contribution in [3.05, 3.63) is 28.7 Å². The number of rotatable bonds is 4. The summed E-state index contributed by atoms with van der Waals surface area (Å²) in [5, 5.41) is 9.28. The molecule has 0 spiro atoms. The summed E-state index contributed by atoms with van der Waals surface area (Å²) in [5.41, 5.74) is -0.809. The molecule has 2 rings (SSSR count). The minimum absolute atomic E-state index is 0.00935. The van der Waals surface area contributed by atoms with Crippen molar-refractivity contribution in [2.24, 2.45) is 5.41 Å². The van der Waals surface area contributed by atoms with Crippen LogP contribution in [-0.2, 0) is 9.59 Å². The fraction of sp³-hybridized carbons (Fsp3) is 0.467. The largest absolute Gasteiger partial charge is 0.481 e. The van der Waals surface area contributed by atoms with Crippen molar-refractivity contribution in [1.29, 1.82) is 0 Å². The van der Waals surface area contributed by atoms with Gasteiger partial charge in [-0.15, -0.1) is 11.8 Å². The van der Waals surface area contributed by atoms with Gasteiger partial charge < -0.3 is 10.0 Å². The average molecular weight is 372 g/mol. The van der Waals surface area contributed by atoms with Gasteiger partial charge in [-0.25, -0.2) is 0 Å². The number of aliphatic carboxylic acids is 1. The van der Waals surface area contributed by atoms with Gasteiger partial charge in [0.05, 0.1) is 11.2 Å². The predicted molar refractivity (Wildman–Crippen MR) is 86.4 cm³/mol. The van der Waals surface area contributed by atoms with E-state index in [0.29, 0.717) is 25.3 Å². The number of hydrogen-bond acceptors (Lipinski definition) is 3. The zero-order valence-corrected chi connectivity index (χ0v) is 14.2. The number of benzene rings is 1. The predicted octanol–water partition coefficient (Wildman–Crippen LogP) is 3.25. The third-order valence-corrected chi connectivity index (χ3v) is 5.27. The van der Waals surface area contributed by atoms with Crippen LogP contribution in [0.2, 0.25) is 0 Å². The summed E-state index contributed by atoms with van der Waals surface area (Å²) in [6.45, 7) is 2.68. The standard InChI is InChI=1S/C15H18BrNO3S/c1-15(14(19)20)7-2-8-17(10-15)13(18)9-21-12-5-3-11(16)4-6-12/h3-6H,2,7-10H2,1H3,(H,19,20). The summed E-state index contributed by atoms with van der Waals surface area (Å²) < 4.78 is 1.01. The lowest BCUT2D eigenvalue weighted by Crippen LogP contribution is -2.48. The summed E-state index contributed by atoms with van der Waals surface area (Å²) in [6, 6.07) is 7.80. The molecule has 1 aliphatic heterocycles. The van der Waals surface area contributed by atoms with Gasteiger partial charge in [0.25, 0.3) is 0 Å². The lowest BCUT2D eigenvalue weighted by atomic mass is 9.82. The lowest BCUT2D eigenvalue weighted by molar-refractivity contribution is -0.153. The molecule has 6 heteroatoms. The molecule has 1 aromatic rings. The summed E-state index contributed by atoms with van der Waals surface area (Å²) in [4.78, 5) is 26.3. The van der Waals surface area contributed by atoms with E-state index in [4.69, 9.17) is 0 Å². The Morgan fingerprint density at radius 3 is 2.67 bits per heavy atom. The monoisotopic (exact) mass is 371 g/mol. The molecule has 1 heterocycles. The molecule has 21 heavy (non-hydrogen) atoms. The molecular weight excluding hydrogens is 354 g/mol. The van der Waals surface area contributed by atoms with Gasteiger partial charge in [-0.05, 0) is 44.0 Å². The average Bonchev–Trinajstić information content (AvgIpc) is 2.46. The molecule has 0 bridgehead atoms. The Morgan fingerprint density at radius 1 is 1.38 bits per heavy atom. The number of halogens is 1. The fourth-order valence-corrected chi connectivity index (χ4v) is 3.46. The molecule has 1 aromatic carbocycles. The van der Waals surface area contributed by atoms with E-state index < -0.39 is 11.4 Å².